The Bertz CT molecular complexity index is 72.6. The van der Waals surface area contributed by atoms with E-state index in [0.29, 0.717) is 6.04 Å². The number of nitrogens with two attached hydrogens (primary N) is 1. The number of rotatable bonds is 1. The molecule has 0 heterocycles. The highest BCUT2D eigenvalue weighted by atomic mass is 14.6. The Morgan fingerprint density at radius 3 is 2.22 bits per heavy atom. The van der Waals surface area contributed by atoms with Gasteiger partial charge in [0.2, 0.25) is 0 Å². The van der Waals surface area contributed by atoms with Gasteiger partial charge in [0.05, 0.1) is 0 Å². The molecule has 0 aromatic heterocycles. The van der Waals surface area contributed by atoms with Crippen LogP contribution in [0.15, 0.2) is 0 Å². The molecule has 1 fully saturated rings. The molecule has 1 aliphatic rings. The summed E-state index contributed by atoms with van der Waals surface area (Å²) in [6.45, 7) is 2.28. The van der Waals surface area contributed by atoms with Crippen molar-refractivity contribution in [3.63, 3.8) is 0 Å². The van der Waals surface area contributed by atoms with Gasteiger partial charge in [-0.15, -0.1) is 0 Å². The lowest BCUT2D eigenvalue weighted by Crippen LogP contribution is -2.26. The van der Waals surface area contributed by atoms with Crippen LogP contribution in [0.3, 0.4) is 0 Å². The Labute approximate surface area is 57.6 Å². The van der Waals surface area contributed by atoms with Crippen molar-refractivity contribution < 1.29 is 0 Å². The summed E-state index contributed by atoms with van der Waals surface area (Å²) in [4.78, 5) is 0. The van der Waals surface area contributed by atoms with E-state index in [-0.39, 0.29) is 0 Å². The van der Waals surface area contributed by atoms with Crippen LogP contribution in [0.2, 0.25) is 0 Å². The lowest BCUT2D eigenvalue weighted by atomic mass is 9.85. The molecule has 1 nitrogen and oxygen atoms in total. The van der Waals surface area contributed by atoms with E-state index in [1.807, 2.05) is 0 Å². The molecule has 0 bridgehead atoms. The topological polar surface area (TPSA) is 26.0 Å². The number of hydrogen-bond acceptors (Lipinski definition) is 1. The maximum atomic E-state index is 5.75. The molecule has 0 radical (unpaired) electrons. The third-order valence-corrected chi connectivity index (χ3v) is 2.47. The van der Waals surface area contributed by atoms with Crippen molar-refractivity contribution in [2.75, 3.05) is 0 Å². The van der Waals surface area contributed by atoms with Crippen LogP contribution >= 0.6 is 0 Å². The van der Waals surface area contributed by atoms with E-state index in [4.69, 9.17) is 5.73 Å². The molecule has 9 heavy (non-hydrogen) atoms. The summed E-state index contributed by atoms with van der Waals surface area (Å²) in [6, 6.07) is 0.521. The lowest BCUT2D eigenvalue weighted by molar-refractivity contribution is 0.319. The van der Waals surface area contributed by atoms with E-state index >= 15 is 0 Å². The van der Waals surface area contributed by atoms with E-state index in [9.17, 15) is 0 Å². The number of hydrogen-bond donors (Lipinski definition) is 1. The van der Waals surface area contributed by atoms with Gasteiger partial charge in [0.25, 0.3) is 0 Å². The van der Waals surface area contributed by atoms with Crippen LogP contribution in [0.4, 0.5) is 0 Å². The summed E-state index contributed by atoms with van der Waals surface area (Å²) < 4.78 is 0. The molecule has 1 saturated carbocycles. The Morgan fingerprint density at radius 1 is 1.22 bits per heavy atom. The minimum absolute atomic E-state index is 0.521. The van der Waals surface area contributed by atoms with Crippen LogP contribution in [0, 0.1) is 5.92 Å². The summed E-state index contributed by atoms with van der Waals surface area (Å²) in [5, 5.41) is 0. The summed E-state index contributed by atoms with van der Waals surface area (Å²) in [5.41, 5.74) is 5.75. The van der Waals surface area contributed by atoms with Crippen LogP contribution in [0.1, 0.15) is 39.0 Å². The summed E-state index contributed by atoms with van der Waals surface area (Å²) in [5.74, 6) is 0.991. The molecule has 0 aliphatic heterocycles. The second kappa shape index (κ2) is 3.21. The molecule has 0 saturated heterocycles. The molecular formula is C8H17N. The van der Waals surface area contributed by atoms with Crippen molar-refractivity contribution in [2.24, 2.45) is 11.7 Å². The highest BCUT2D eigenvalue weighted by molar-refractivity contribution is 4.72. The maximum Gasteiger partial charge on any atom is 0.00390 e. The predicted octanol–water partition coefficient (Wildman–Crippen LogP) is 1.91. The molecule has 1 rings (SSSR count). The fourth-order valence-corrected chi connectivity index (χ4v) is 1.60. The molecule has 0 aromatic carbocycles. The third-order valence-electron chi connectivity index (χ3n) is 2.47. The first-order valence-corrected chi connectivity index (χ1v) is 4.08. The normalized spacial score (nSPS) is 36.7. The molecule has 0 atom stereocenters. The zero-order valence-electron chi connectivity index (χ0n) is 6.27. The average molecular weight is 127 g/mol. The summed E-state index contributed by atoms with van der Waals surface area (Å²) in [6.07, 6.45) is 6.62. The Morgan fingerprint density at radius 2 is 1.78 bits per heavy atom. The lowest BCUT2D eigenvalue weighted by Gasteiger charge is -2.24. The molecule has 1 aliphatic carbocycles. The largest absolute Gasteiger partial charge is 0.328 e. The van der Waals surface area contributed by atoms with E-state index in [1.54, 1.807) is 0 Å². The fourth-order valence-electron chi connectivity index (χ4n) is 1.60. The van der Waals surface area contributed by atoms with Gasteiger partial charge in [-0.3, -0.25) is 0 Å². The first-order valence-electron chi connectivity index (χ1n) is 4.08. The Kier molecular flexibility index (Phi) is 2.52. The van der Waals surface area contributed by atoms with E-state index in [2.05, 4.69) is 6.92 Å². The molecule has 0 aromatic rings. The van der Waals surface area contributed by atoms with Crippen LogP contribution in [-0.2, 0) is 0 Å². The Balaban J connectivity index is 2.18. The van der Waals surface area contributed by atoms with Crippen LogP contribution in [0.25, 0.3) is 0 Å². The molecule has 0 amide bonds. The van der Waals surface area contributed by atoms with Gasteiger partial charge in [0.15, 0.2) is 0 Å². The van der Waals surface area contributed by atoms with Gasteiger partial charge in [-0.1, -0.05) is 13.3 Å². The molecule has 1 heteroatoms. The van der Waals surface area contributed by atoms with Gasteiger partial charge in [0.1, 0.15) is 0 Å². The Hall–Kier alpha value is -0.0400. The minimum atomic E-state index is 0.521. The van der Waals surface area contributed by atoms with Crippen molar-refractivity contribution in [3.05, 3.63) is 0 Å². The van der Waals surface area contributed by atoms with Crippen molar-refractivity contribution in [3.8, 4) is 0 Å². The second-order valence-electron chi connectivity index (χ2n) is 3.19. The molecule has 0 spiro atoms. The van der Waals surface area contributed by atoms with E-state index in [1.165, 1.54) is 32.1 Å². The fraction of sp³-hybridized carbons (Fsp3) is 1.00. The zero-order valence-corrected chi connectivity index (χ0v) is 6.27. The van der Waals surface area contributed by atoms with Crippen LogP contribution < -0.4 is 5.73 Å². The van der Waals surface area contributed by atoms with Crippen LogP contribution in [-0.4, -0.2) is 6.04 Å². The monoisotopic (exact) mass is 127 g/mol. The van der Waals surface area contributed by atoms with Gasteiger partial charge in [-0.2, -0.15) is 0 Å². The summed E-state index contributed by atoms with van der Waals surface area (Å²) >= 11 is 0. The first kappa shape index (κ1) is 7.07. The van der Waals surface area contributed by atoms with E-state index < -0.39 is 0 Å². The van der Waals surface area contributed by atoms with Crippen molar-refractivity contribution in [2.45, 2.75) is 45.1 Å². The standard InChI is InChI=1S/C8H17N/c1-2-7-3-5-8(9)6-4-7/h7-8H,2-6,9H2,1H3/t7-,8+. The van der Waals surface area contributed by atoms with Crippen molar-refractivity contribution in [1.29, 1.82) is 0 Å². The minimum Gasteiger partial charge on any atom is -0.328 e. The smallest absolute Gasteiger partial charge is 0.00390 e. The molecule has 54 valence electrons. The predicted molar refractivity (Wildman–Crippen MR) is 40.2 cm³/mol. The SMILES string of the molecule is CC[C@H]1CC[C@@H](N)CC1. The van der Waals surface area contributed by atoms with Crippen molar-refractivity contribution >= 4 is 0 Å². The van der Waals surface area contributed by atoms with Crippen molar-refractivity contribution in [1.82, 2.24) is 0 Å². The van der Waals surface area contributed by atoms with Gasteiger partial charge in [-0.25, -0.2) is 0 Å². The third kappa shape index (κ3) is 1.98. The molecule has 0 unspecified atom stereocenters. The van der Waals surface area contributed by atoms with E-state index in [0.717, 1.165) is 5.92 Å². The first-order chi connectivity index (χ1) is 4.33. The maximum absolute atomic E-state index is 5.75. The highest BCUT2D eigenvalue weighted by Crippen LogP contribution is 2.24. The van der Waals surface area contributed by atoms with Gasteiger partial charge >= 0.3 is 0 Å². The van der Waals surface area contributed by atoms with Crippen LogP contribution in [0.5, 0.6) is 0 Å². The van der Waals surface area contributed by atoms with Gasteiger partial charge < -0.3 is 5.73 Å². The summed E-state index contributed by atoms with van der Waals surface area (Å²) in [7, 11) is 0. The molecular weight excluding hydrogens is 110 g/mol. The van der Waals surface area contributed by atoms with Gasteiger partial charge in [-0.05, 0) is 31.6 Å². The average Bonchev–Trinajstić information content (AvgIpc) is 1.90. The van der Waals surface area contributed by atoms with Gasteiger partial charge in [0, 0.05) is 6.04 Å². The zero-order chi connectivity index (χ0) is 6.69. The second-order valence-corrected chi connectivity index (χ2v) is 3.19. The molecule has 2 N–H and O–H groups in total. The highest BCUT2D eigenvalue weighted by Gasteiger charge is 2.15. The quantitative estimate of drug-likeness (QED) is 0.572.